The highest BCUT2D eigenvalue weighted by atomic mass is 32.2. The van der Waals surface area contributed by atoms with Crippen molar-refractivity contribution in [3.05, 3.63) is 40.5 Å². The van der Waals surface area contributed by atoms with Gasteiger partial charge in [-0.05, 0) is 31.4 Å². The lowest BCUT2D eigenvalue weighted by molar-refractivity contribution is -0.895. The van der Waals surface area contributed by atoms with Crippen LogP contribution in [0.5, 0.6) is 0 Å². The average Bonchev–Trinajstić information content (AvgIpc) is 3.21. The van der Waals surface area contributed by atoms with E-state index in [9.17, 15) is 13.2 Å². The van der Waals surface area contributed by atoms with E-state index in [4.69, 9.17) is 0 Å². The summed E-state index contributed by atoms with van der Waals surface area (Å²) in [6, 6.07) is 5.33. The maximum Gasteiger partial charge on any atom is 0.252 e. The SMILES string of the molecule is Cc1cc(C(=O)C[NH+]2CCN(S(=O)(=O)c3cccs3)CC2)c(C)n1C. The number of rotatable bonds is 5. The molecule has 1 aliphatic rings. The molecule has 0 spiro atoms. The summed E-state index contributed by atoms with van der Waals surface area (Å²) >= 11 is 1.24. The van der Waals surface area contributed by atoms with Gasteiger partial charge in [0.2, 0.25) is 5.78 Å². The molecule has 0 unspecified atom stereocenters. The van der Waals surface area contributed by atoms with Crippen LogP contribution in [0.3, 0.4) is 0 Å². The molecule has 0 atom stereocenters. The fourth-order valence-corrected chi connectivity index (χ4v) is 5.80. The summed E-state index contributed by atoms with van der Waals surface area (Å²) in [6.07, 6.45) is 0. The topological polar surface area (TPSA) is 63.8 Å². The molecule has 8 heteroatoms. The van der Waals surface area contributed by atoms with Gasteiger partial charge in [-0.1, -0.05) is 6.07 Å². The Bertz CT molecular complexity index is 861. The van der Waals surface area contributed by atoms with Crippen LogP contribution in [0.4, 0.5) is 0 Å². The molecular weight excluding hydrogens is 358 g/mol. The lowest BCUT2D eigenvalue weighted by Crippen LogP contribution is -3.15. The first-order valence-electron chi connectivity index (χ1n) is 8.34. The first kappa shape index (κ1) is 18.3. The number of quaternary nitrogens is 1. The van der Waals surface area contributed by atoms with Crippen molar-refractivity contribution in [2.75, 3.05) is 32.7 Å². The first-order valence-corrected chi connectivity index (χ1v) is 10.7. The van der Waals surface area contributed by atoms with Gasteiger partial charge in [0.1, 0.15) is 10.8 Å². The third kappa shape index (κ3) is 3.57. The summed E-state index contributed by atoms with van der Waals surface area (Å²) in [4.78, 5) is 13.7. The molecule has 3 rings (SSSR count). The van der Waals surface area contributed by atoms with Crippen LogP contribution in [0, 0.1) is 13.8 Å². The second-order valence-corrected chi connectivity index (χ2v) is 9.64. The number of ketones is 1. The summed E-state index contributed by atoms with van der Waals surface area (Å²) in [5, 5.41) is 1.78. The molecule has 1 N–H and O–H groups in total. The number of carbonyl (C=O) groups excluding carboxylic acids is 1. The van der Waals surface area contributed by atoms with Gasteiger partial charge in [0.15, 0.2) is 0 Å². The molecule has 0 radical (unpaired) electrons. The van der Waals surface area contributed by atoms with E-state index in [1.165, 1.54) is 15.6 Å². The minimum absolute atomic E-state index is 0.130. The number of hydrogen-bond donors (Lipinski definition) is 1. The van der Waals surface area contributed by atoms with E-state index >= 15 is 0 Å². The molecule has 1 fully saturated rings. The van der Waals surface area contributed by atoms with E-state index in [-0.39, 0.29) is 5.78 Å². The van der Waals surface area contributed by atoms with Crippen molar-refractivity contribution in [1.82, 2.24) is 8.87 Å². The number of thiophene rings is 1. The van der Waals surface area contributed by atoms with E-state index in [1.54, 1.807) is 17.5 Å². The van der Waals surface area contributed by atoms with Crippen LogP contribution in [0.1, 0.15) is 21.7 Å². The van der Waals surface area contributed by atoms with Gasteiger partial charge < -0.3 is 9.47 Å². The lowest BCUT2D eigenvalue weighted by atomic mass is 10.1. The summed E-state index contributed by atoms with van der Waals surface area (Å²) in [6.45, 7) is 6.58. The van der Waals surface area contributed by atoms with Crippen molar-refractivity contribution < 1.29 is 18.1 Å². The molecule has 0 aromatic carbocycles. The molecule has 0 bridgehead atoms. The fourth-order valence-electron chi connectivity index (χ4n) is 3.22. The zero-order chi connectivity index (χ0) is 18.2. The van der Waals surface area contributed by atoms with Crippen molar-refractivity contribution in [2.24, 2.45) is 7.05 Å². The van der Waals surface area contributed by atoms with Crippen LogP contribution in [0.25, 0.3) is 0 Å². The monoisotopic (exact) mass is 382 g/mol. The van der Waals surface area contributed by atoms with Crippen LogP contribution < -0.4 is 4.90 Å². The molecule has 3 heterocycles. The quantitative estimate of drug-likeness (QED) is 0.765. The van der Waals surface area contributed by atoms with Crippen LogP contribution in [0.15, 0.2) is 27.8 Å². The lowest BCUT2D eigenvalue weighted by Gasteiger charge is -2.30. The Morgan fingerprint density at radius 2 is 1.96 bits per heavy atom. The molecule has 1 saturated heterocycles. The molecule has 136 valence electrons. The largest absolute Gasteiger partial charge is 0.351 e. The maximum absolute atomic E-state index is 12.6. The second-order valence-electron chi connectivity index (χ2n) is 6.53. The van der Waals surface area contributed by atoms with E-state index in [0.717, 1.165) is 21.9 Å². The van der Waals surface area contributed by atoms with E-state index in [1.807, 2.05) is 31.5 Å². The zero-order valence-corrected chi connectivity index (χ0v) is 16.4. The second kappa shape index (κ2) is 7.03. The van der Waals surface area contributed by atoms with Crippen LogP contribution in [-0.2, 0) is 17.1 Å². The Morgan fingerprint density at radius 1 is 1.28 bits per heavy atom. The number of carbonyl (C=O) groups is 1. The molecule has 2 aromatic rings. The number of nitrogens with zero attached hydrogens (tertiary/aromatic N) is 2. The van der Waals surface area contributed by atoms with Gasteiger partial charge in [-0.15, -0.1) is 11.3 Å². The predicted octanol–water partition coefficient (Wildman–Crippen LogP) is 0.476. The third-order valence-corrected chi connectivity index (χ3v) is 8.28. The molecular formula is C17H24N3O3S2+. The molecule has 0 saturated carbocycles. The van der Waals surface area contributed by atoms with Crippen molar-refractivity contribution in [2.45, 2.75) is 18.1 Å². The van der Waals surface area contributed by atoms with Gasteiger partial charge in [-0.3, -0.25) is 4.79 Å². The maximum atomic E-state index is 12.6. The number of sulfonamides is 1. The Balaban J connectivity index is 1.61. The molecule has 2 aromatic heterocycles. The molecule has 0 amide bonds. The van der Waals surface area contributed by atoms with E-state index in [0.29, 0.717) is 36.9 Å². The standard InChI is InChI=1S/C17H23N3O3S2/c1-13-11-15(14(2)18(13)3)16(21)12-19-6-8-20(9-7-19)25(22,23)17-5-4-10-24-17/h4-5,10-11H,6-9,12H2,1-3H3/p+1. The number of Topliss-reactive ketones (excluding diaryl/α,β-unsaturated/α-hetero) is 1. The highest BCUT2D eigenvalue weighted by molar-refractivity contribution is 7.91. The number of nitrogens with one attached hydrogen (secondary N) is 1. The van der Waals surface area contributed by atoms with Gasteiger partial charge in [-0.2, -0.15) is 4.31 Å². The van der Waals surface area contributed by atoms with Gasteiger partial charge in [0, 0.05) is 24.0 Å². The highest BCUT2D eigenvalue weighted by Crippen LogP contribution is 2.20. The van der Waals surface area contributed by atoms with Crippen molar-refractivity contribution in [1.29, 1.82) is 0 Å². The summed E-state index contributed by atoms with van der Waals surface area (Å²) in [7, 11) is -1.42. The Hall–Kier alpha value is -1.48. The Labute approximate surface area is 152 Å². The summed E-state index contributed by atoms with van der Waals surface area (Å²) in [5.74, 6) is 0.130. The van der Waals surface area contributed by atoms with Crippen molar-refractivity contribution in [3.8, 4) is 0 Å². The van der Waals surface area contributed by atoms with Crippen LogP contribution in [-0.4, -0.2) is 55.8 Å². The minimum atomic E-state index is -3.38. The van der Waals surface area contributed by atoms with Crippen molar-refractivity contribution >= 4 is 27.1 Å². The third-order valence-electron chi connectivity index (χ3n) is 5.00. The zero-order valence-electron chi connectivity index (χ0n) is 14.8. The van der Waals surface area contributed by atoms with E-state index in [2.05, 4.69) is 0 Å². The van der Waals surface area contributed by atoms with Gasteiger partial charge in [-0.25, -0.2) is 8.42 Å². The smallest absolute Gasteiger partial charge is 0.252 e. The van der Waals surface area contributed by atoms with Crippen LogP contribution >= 0.6 is 11.3 Å². The first-order chi connectivity index (χ1) is 11.8. The van der Waals surface area contributed by atoms with Crippen LogP contribution in [0.2, 0.25) is 0 Å². The van der Waals surface area contributed by atoms with E-state index < -0.39 is 10.0 Å². The number of hydrogen-bond acceptors (Lipinski definition) is 4. The highest BCUT2D eigenvalue weighted by Gasteiger charge is 2.32. The Kier molecular flexibility index (Phi) is 5.15. The molecule has 25 heavy (non-hydrogen) atoms. The summed E-state index contributed by atoms with van der Waals surface area (Å²) in [5.41, 5.74) is 2.84. The molecule has 0 aliphatic carbocycles. The number of aromatic nitrogens is 1. The number of aryl methyl sites for hydroxylation is 1. The number of piperazine rings is 1. The van der Waals surface area contributed by atoms with Crippen molar-refractivity contribution in [3.63, 3.8) is 0 Å². The normalized spacial score (nSPS) is 17.1. The summed E-state index contributed by atoms with van der Waals surface area (Å²) < 4.78 is 29.0. The van der Waals surface area contributed by atoms with Gasteiger partial charge in [0.05, 0.1) is 26.2 Å². The predicted molar refractivity (Wildman–Crippen MR) is 97.9 cm³/mol. The molecule has 1 aliphatic heterocycles. The fraction of sp³-hybridized carbons (Fsp3) is 0.471. The van der Waals surface area contributed by atoms with Gasteiger partial charge >= 0.3 is 0 Å². The minimum Gasteiger partial charge on any atom is -0.351 e. The molecule has 6 nitrogen and oxygen atoms in total. The Morgan fingerprint density at radius 3 is 2.48 bits per heavy atom. The van der Waals surface area contributed by atoms with Gasteiger partial charge in [0.25, 0.3) is 10.0 Å². The average molecular weight is 383 g/mol.